The highest BCUT2D eigenvalue weighted by atomic mass is 16.5. The molecule has 0 fully saturated rings. The summed E-state index contributed by atoms with van der Waals surface area (Å²) in [5.41, 5.74) is 7.60. The van der Waals surface area contributed by atoms with Crippen LogP contribution in [0.5, 0.6) is 11.5 Å². The normalized spacial score (nSPS) is 10.2. The number of nitrogens with zero attached hydrogens (tertiary/aromatic N) is 2. The monoisotopic (exact) mass is 380 g/mol. The molecular formula is C20H20N4O4. The van der Waals surface area contributed by atoms with Gasteiger partial charge in [-0.05, 0) is 30.3 Å². The van der Waals surface area contributed by atoms with Crippen LogP contribution in [0.25, 0.3) is 11.4 Å². The Morgan fingerprint density at radius 1 is 0.964 bits per heavy atom. The minimum atomic E-state index is -0.453. The molecule has 0 bridgehead atoms. The molecule has 0 atom stereocenters. The van der Waals surface area contributed by atoms with Crippen molar-refractivity contribution in [3.63, 3.8) is 0 Å². The molecule has 3 N–H and O–H groups in total. The van der Waals surface area contributed by atoms with Crippen LogP contribution in [0.3, 0.4) is 0 Å². The predicted octanol–water partition coefficient (Wildman–Crippen LogP) is 3.27. The summed E-state index contributed by atoms with van der Waals surface area (Å²) in [5.74, 6) is 1.81. The molecule has 2 aromatic carbocycles. The molecule has 0 saturated carbocycles. The maximum absolute atomic E-state index is 12.0. The van der Waals surface area contributed by atoms with Crippen molar-refractivity contribution in [2.45, 2.75) is 0 Å². The van der Waals surface area contributed by atoms with Crippen molar-refractivity contribution in [1.29, 1.82) is 0 Å². The minimum absolute atomic E-state index is 0.276. The van der Waals surface area contributed by atoms with Gasteiger partial charge in [0.2, 0.25) is 0 Å². The number of esters is 1. The van der Waals surface area contributed by atoms with E-state index in [2.05, 4.69) is 15.3 Å². The largest absolute Gasteiger partial charge is 0.493 e. The first-order valence-electron chi connectivity index (χ1n) is 8.37. The maximum Gasteiger partial charge on any atom is 0.339 e. The zero-order valence-electron chi connectivity index (χ0n) is 15.7. The first kappa shape index (κ1) is 19.0. The van der Waals surface area contributed by atoms with Gasteiger partial charge in [0.05, 0.1) is 32.6 Å². The van der Waals surface area contributed by atoms with Crippen molar-refractivity contribution in [3.05, 3.63) is 54.1 Å². The molecule has 0 amide bonds. The second-order valence-electron chi connectivity index (χ2n) is 5.73. The Balaban J connectivity index is 1.99. The molecule has 144 valence electrons. The third-order valence-corrected chi connectivity index (χ3v) is 3.98. The predicted molar refractivity (Wildman–Crippen MR) is 106 cm³/mol. The number of ether oxygens (including phenoxy) is 3. The number of hydrogen-bond donors (Lipinski definition) is 2. The fraction of sp³-hybridized carbons (Fsp3) is 0.150. The Kier molecular flexibility index (Phi) is 5.59. The van der Waals surface area contributed by atoms with Gasteiger partial charge in [-0.3, -0.25) is 0 Å². The van der Waals surface area contributed by atoms with E-state index in [1.54, 1.807) is 56.7 Å². The van der Waals surface area contributed by atoms with Gasteiger partial charge in [-0.15, -0.1) is 0 Å². The van der Waals surface area contributed by atoms with E-state index in [1.807, 2.05) is 6.07 Å². The van der Waals surface area contributed by atoms with Crippen LogP contribution in [0.4, 0.5) is 17.3 Å². The van der Waals surface area contributed by atoms with E-state index in [0.717, 1.165) is 0 Å². The number of anilines is 3. The number of carbonyl (C=O) groups is 1. The van der Waals surface area contributed by atoms with Crippen LogP contribution in [-0.4, -0.2) is 37.3 Å². The van der Waals surface area contributed by atoms with Crippen LogP contribution < -0.4 is 20.5 Å². The van der Waals surface area contributed by atoms with Crippen LogP contribution in [0.2, 0.25) is 0 Å². The Morgan fingerprint density at radius 2 is 1.71 bits per heavy atom. The number of nitrogens with two attached hydrogens (primary N) is 1. The van der Waals surface area contributed by atoms with Crippen molar-refractivity contribution in [3.8, 4) is 22.9 Å². The molecule has 8 nitrogen and oxygen atoms in total. The van der Waals surface area contributed by atoms with Crippen molar-refractivity contribution >= 4 is 23.3 Å². The lowest BCUT2D eigenvalue weighted by Crippen LogP contribution is -2.07. The molecule has 28 heavy (non-hydrogen) atoms. The van der Waals surface area contributed by atoms with Crippen LogP contribution in [-0.2, 0) is 4.74 Å². The molecular weight excluding hydrogens is 360 g/mol. The van der Waals surface area contributed by atoms with E-state index in [4.69, 9.17) is 19.9 Å². The van der Waals surface area contributed by atoms with E-state index in [1.165, 1.54) is 7.11 Å². The van der Waals surface area contributed by atoms with Gasteiger partial charge in [-0.2, -0.15) is 0 Å². The molecule has 0 unspecified atom stereocenters. The summed E-state index contributed by atoms with van der Waals surface area (Å²) in [4.78, 5) is 20.8. The van der Waals surface area contributed by atoms with E-state index >= 15 is 0 Å². The lowest BCUT2D eigenvalue weighted by molar-refractivity contribution is 0.0602. The Morgan fingerprint density at radius 3 is 2.43 bits per heavy atom. The molecule has 0 aliphatic rings. The van der Waals surface area contributed by atoms with Gasteiger partial charge < -0.3 is 25.3 Å². The standard InChI is InChI=1S/C20H20N4O4/c1-26-15-9-8-12(10-16(15)27-2)19-23-17(21)11-18(24-19)22-14-7-5-4-6-13(14)20(25)28-3/h4-11H,1-3H3,(H3,21,22,23,24). The zero-order chi connectivity index (χ0) is 20.1. The first-order chi connectivity index (χ1) is 13.5. The summed E-state index contributed by atoms with van der Waals surface area (Å²) < 4.78 is 15.4. The molecule has 0 radical (unpaired) electrons. The Labute approximate surface area is 162 Å². The van der Waals surface area contributed by atoms with Crippen LogP contribution >= 0.6 is 0 Å². The van der Waals surface area contributed by atoms with Gasteiger partial charge in [0.1, 0.15) is 11.6 Å². The van der Waals surface area contributed by atoms with Gasteiger partial charge in [-0.25, -0.2) is 14.8 Å². The SMILES string of the molecule is COC(=O)c1ccccc1Nc1cc(N)nc(-c2ccc(OC)c(OC)c2)n1. The first-order valence-corrected chi connectivity index (χ1v) is 8.37. The molecule has 3 aromatic rings. The average Bonchev–Trinajstić information content (AvgIpc) is 2.72. The molecule has 0 aliphatic carbocycles. The minimum Gasteiger partial charge on any atom is -0.493 e. The molecule has 3 rings (SSSR count). The van der Waals surface area contributed by atoms with E-state index in [0.29, 0.717) is 40.0 Å². The number of hydrogen-bond acceptors (Lipinski definition) is 8. The lowest BCUT2D eigenvalue weighted by Gasteiger charge is -2.12. The number of carbonyl (C=O) groups excluding carboxylic acids is 1. The maximum atomic E-state index is 12.0. The Hall–Kier alpha value is -3.81. The summed E-state index contributed by atoms with van der Waals surface area (Å²) in [6.07, 6.45) is 0. The molecule has 0 saturated heterocycles. The lowest BCUT2D eigenvalue weighted by atomic mass is 10.1. The Bertz CT molecular complexity index is 1010. The number of benzene rings is 2. The summed E-state index contributed by atoms with van der Waals surface area (Å²) in [6.45, 7) is 0. The second kappa shape index (κ2) is 8.26. The van der Waals surface area contributed by atoms with E-state index in [9.17, 15) is 4.79 Å². The summed E-state index contributed by atoms with van der Waals surface area (Å²) in [6, 6.07) is 13.9. The van der Waals surface area contributed by atoms with Crippen molar-refractivity contribution in [1.82, 2.24) is 9.97 Å². The quantitative estimate of drug-likeness (QED) is 0.627. The number of nitrogens with one attached hydrogen (secondary N) is 1. The highest BCUT2D eigenvalue weighted by Gasteiger charge is 2.14. The number of para-hydroxylation sites is 1. The molecule has 0 aliphatic heterocycles. The van der Waals surface area contributed by atoms with Gasteiger partial charge in [-0.1, -0.05) is 12.1 Å². The van der Waals surface area contributed by atoms with Crippen molar-refractivity contribution in [2.24, 2.45) is 0 Å². The van der Waals surface area contributed by atoms with Gasteiger partial charge in [0.25, 0.3) is 0 Å². The van der Waals surface area contributed by atoms with Crippen molar-refractivity contribution < 1.29 is 19.0 Å². The second-order valence-corrected chi connectivity index (χ2v) is 5.73. The third kappa shape index (κ3) is 3.96. The number of methoxy groups -OCH3 is 3. The van der Waals surface area contributed by atoms with Gasteiger partial charge in [0.15, 0.2) is 17.3 Å². The van der Waals surface area contributed by atoms with E-state index < -0.39 is 5.97 Å². The summed E-state index contributed by atoms with van der Waals surface area (Å²) in [7, 11) is 4.45. The molecule has 0 spiro atoms. The fourth-order valence-electron chi connectivity index (χ4n) is 2.65. The third-order valence-electron chi connectivity index (χ3n) is 3.98. The number of aromatic nitrogens is 2. The topological polar surface area (TPSA) is 109 Å². The van der Waals surface area contributed by atoms with Gasteiger partial charge in [0, 0.05) is 11.6 Å². The highest BCUT2D eigenvalue weighted by Crippen LogP contribution is 2.32. The molecule has 8 heteroatoms. The molecule has 1 heterocycles. The zero-order valence-corrected chi connectivity index (χ0v) is 15.7. The highest BCUT2D eigenvalue weighted by molar-refractivity contribution is 5.96. The molecule has 1 aromatic heterocycles. The average molecular weight is 380 g/mol. The number of rotatable bonds is 6. The smallest absolute Gasteiger partial charge is 0.339 e. The van der Waals surface area contributed by atoms with Crippen LogP contribution in [0, 0.1) is 0 Å². The van der Waals surface area contributed by atoms with Crippen LogP contribution in [0.15, 0.2) is 48.5 Å². The fourth-order valence-corrected chi connectivity index (χ4v) is 2.65. The van der Waals surface area contributed by atoms with E-state index in [-0.39, 0.29) is 5.82 Å². The van der Waals surface area contributed by atoms with Crippen molar-refractivity contribution in [2.75, 3.05) is 32.4 Å². The summed E-state index contributed by atoms with van der Waals surface area (Å²) >= 11 is 0. The number of nitrogen functional groups attached to an aromatic ring is 1. The summed E-state index contributed by atoms with van der Waals surface area (Å²) in [5, 5.41) is 3.10. The van der Waals surface area contributed by atoms with Gasteiger partial charge >= 0.3 is 5.97 Å². The van der Waals surface area contributed by atoms with Crippen LogP contribution in [0.1, 0.15) is 10.4 Å².